The number of halogens is 1. The standard InChI is InChI=1S/C10H13BClN3O4/c1-11(16)14-3-2-7(14)6-19-8-4-9(15(17)18)10(12)13-5-8/h4-5,7,16H,2-3,6H2,1H3/t7-/m0/s1. The summed E-state index contributed by atoms with van der Waals surface area (Å²) in [6.45, 7) is 2.87. The first kappa shape index (κ1) is 14.0. The van der Waals surface area contributed by atoms with Crippen LogP contribution in [0.3, 0.4) is 0 Å². The van der Waals surface area contributed by atoms with Gasteiger partial charge in [0.15, 0.2) is 0 Å². The smallest absolute Gasteiger partial charge is 0.376 e. The van der Waals surface area contributed by atoms with Gasteiger partial charge in [-0.15, -0.1) is 0 Å². The van der Waals surface area contributed by atoms with Gasteiger partial charge >= 0.3 is 12.7 Å². The summed E-state index contributed by atoms with van der Waals surface area (Å²) < 4.78 is 5.46. The number of hydrogen-bond donors (Lipinski definition) is 1. The van der Waals surface area contributed by atoms with Crippen molar-refractivity contribution in [2.75, 3.05) is 13.2 Å². The first-order chi connectivity index (χ1) is 8.99. The summed E-state index contributed by atoms with van der Waals surface area (Å²) in [7, 11) is -0.514. The molecule has 0 bridgehead atoms. The summed E-state index contributed by atoms with van der Waals surface area (Å²) >= 11 is 5.61. The lowest BCUT2D eigenvalue weighted by atomic mass is 9.78. The van der Waals surface area contributed by atoms with E-state index in [-0.39, 0.29) is 16.9 Å². The van der Waals surface area contributed by atoms with Gasteiger partial charge < -0.3 is 14.6 Å². The average Bonchev–Trinajstić information content (AvgIpc) is 2.28. The summed E-state index contributed by atoms with van der Waals surface area (Å²) in [5.41, 5.74) is -0.278. The van der Waals surface area contributed by atoms with Crippen LogP contribution in [0.1, 0.15) is 6.42 Å². The van der Waals surface area contributed by atoms with Crippen molar-refractivity contribution >= 4 is 24.3 Å². The van der Waals surface area contributed by atoms with E-state index in [2.05, 4.69) is 4.98 Å². The van der Waals surface area contributed by atoms with E-state index in [0.29, 0.717) is 12.4 Å². The predicted octanol–water partition coefficient (Wildman–Crippen LogP) is 1.21. The number of nitrogens with zero attached hydrogens (tertiary/aromatic N) is 3. The molecular formula is C10H13BClN3O4. The Hall–Kier alpha value is -1.38. The number of nitro groups is 1. The Labute approximate surface area is 115 Å². The third-order valence-electron chi connectivity index (χ3n) is 3.10. The Morgan fingerprint density at radius 1 is 1.79 bits per heavy atom. The van der Waals surface area contributed by atoms with E-state index in [0.717, 1.165) is 13.0 Å². The van der Waals surface area contributed by atoms with Crippen molar-refractivity contribution in [1.82, 2.24) is 9.79 Å². The maximum atomic E-state index is 10.7. The lowest BCUT2D eigenvalue weighted by molar-refractivity contribution is -0.385. The van der Waals surface area contributed by atoms with Gasteiger partial charge in [0.05, 0.1) is 17.2 Å². The van der Waals surface area contributed by atoms with Gasteiger partial charge in [0.25, 0.3) is 0 Å². The van der Waals surface area contributed by atoms with Crippen molar-refractivity contribution < 1.29 is 14.7 Å². The molecule has 0 radical (unpaired) electrons. The highest BCUT2D eigenvalue weighted by atomic mass is 35.5. The molecule has 2 rings (SSSR count). The molecule has 0 amide bonds. The molecule has 1 aromatic rings. The second kappa shape index (κ2) is 5.73. The van der Waals surface area contributed by atoms with Gasteiger partial charge in [-0.3, -0.25) is 10.1 Å². The molecule has 1 N–H and O–H groups in total. The van der Waals surface area contributed by atoms with Crippen molar-refractivity contribution in [1.29, 1.82) is 0 Å². The first-order valence-electron chi connectivity index (χ1n) is 5.85. The minimum atomic E-state index is -0.604. The molecule has 9 heteroatoms. The van der Waals surface area contributed by atoms with Crippen LogP contribution in [0.5, 0.6) is 5.75 Å². The molecule has 19 heavy (non-hydrogen) atoms. The molecule has 0 unspecified atom stereocenters. The monoisotopic (exact) mass is 285 g/mol. The Balaban J connectivity index is 1.97. The van der Waals surface area contributed by atoms with Gasteiger partial charge in [-0.2, -0.15) is 0 Å². The fourth-order valence-corrected chi connectivity index (χ4v) is 2.12. The van der Waals surface area contributed by atoms with Crippen LogP contribution >= 0.6 is 11.6 Å². The van der Waals surface area contributed by atoms with Crippen LogP contribution in [-0.2, 0) is 0 Å². The summed E-state index contributed by atoms with van der Waals surface area (Å²) in [5.74, 6) is 0.300. The number of aromatic nitrogens is 1. The van der Waals surface area contributed by atoms with Crippen molar-refractivity contribution in [3.8, 4) is 5.75 Å². The van der Waals surface area contributed by atoms with Crippen molar-refractivity contribution in [3.63, 3.8) is 0 Å². The number of rotatable bonds is 5. The average molecular weight is 285 g/mol. The molecule has 1 saturated heterocycles. The maximum absolute atomic E-state index is 10.7. The zero-order valence-electron chi connectivity index (χ0n) is 10.3. The van der Waals surface area contributed by atoms with Crippen molar-refractivity contribution in [2.24, 2.45) is 0 Å². The molecule has 0 spiro atoms. The van der Waals surface area contributed by atoms with Gasteiger partial charge in [-0.1, -0.05) is 11.6 Å². The third-order valence-corrected chi connectivity index (χ3v) is 3.40. The zero-order valence-corrected chi connectivity index (χ0v) is 11.1. The van der Waals surface area contributed by atoms with Gasteiger partial charge in [0.2, 0.25) is 5.15 Å². The highest BCUT2D eigenvalue weighted by Gasteiger charge is 2.33. The summed E-state index contributed by atoms with van der Waals surface area (Å²) in [6, 6.07) is 1.37. The normalized spacial score (nSPS) is 18.8. The van der Waals surface area contributed by atoms with Crippen LogP contribution < -0.4 is 4.74 Å². The highest BCUT2D eigenvalue weighted by molar-refractivity contribution is 6.45. The van der Waals surface area contributed by atoms with Gasteiger partial charge in [0.1, 0.15) is 12.4 Å². The molecule has 1 aliphatic heterocycles. The molecule has 0 aliphatic carbocycles. The molecular weight excluding hydrogens is 272 g/mol. The van der Waals surface area contributed by atoms with Crippen LogP contribution in [0.25, 0.3) is 0 Å². The maximum Gasteiger partial charge on any atom is 0.376 e. The predicted molar refractivity (Wildman–Crippen MR) is 70.3 cm³/mol. The van der Waals surface area contributed by atoms with Gasteiger partial charge in [0, 0.05) is 6.04 Å². The Morgan fingerprint density at radius 3 is 3.05 bits per heavy atom. The summed E-state index contributed by atoms with van der Waals surface area (Å²) in [5, 5.41) is 20.0. The SMILES string of the molecule is CB(O)N1CC[C@H]1COc1cnc(Cl)c([N+](=O)[O-])c1. The highest BCUT2D eigenvalue weighted by Crippen LogP contribution is 2.27. The first-order valence-corrected chi connectivity index (χ1v) is 6.23. The van der Waals surface area contributed by atoms with E-state index in [1.54, 1.807) is 6.82 Å². The molecule has 1 aromatic heterocycles. The molecule has 102 valence electrons. The molecule has 2 heterocycles. The largest absolute Gasteiger partial charge is 0.490 e. The lowest BCUT2D eigenvalue weighted by Gasteiger charge is -2.41. The van der Waals surface area contributed by atoms with E-state index in [1.807, 2.05) is 4.81 Å². The molecule has 1 atom stereocenters. The topological polar surface area (TPSA) is 88.7 Å². The van der Waals surface area contributed by atoms with Crippen molar-refractivity contribution in [2.45, 2.75) is 19.3 Å². The van der Waals surface area contributed by atoms with Crippen molar-refractivity contribution in [3.05, 3.63) is 27.5 Å². The van der Waals surface area contributed by atoms with E-state index in [9.17, 15) is 15.1 Å². The zero-order chi connectivity index (χ0) is 14.0. The minimum absolute atomic E-state index is 0.120. The van der Waals surface area contributed by atoms with E-state index >= 15 is 0 Å². The fraction of sp³-hybridized carbons (Fsp3) is 0.500. The summed E-state index contributed by atoms with van der Waals surface area (Å²) in [6.07, 6.45) is 2.27. The second-order valence-electron chi connectivity index (χ2n) is 4.36. The Kier molecular flexibility index (Phi) is 4.23. The quantitative estimate of drug-likeness (QED) is 0.378. The van der Waals surface area contributed by atoms with Gasteiger partial charge in [-0.25, -0.2) is 4.98 Å². The van der Waals surface area contributed by atoms with Gasteiger partial charge in [-0.05, 0) is 19.8 Å². The van der Waals surface area contributed by atoms with E-state index < -0.39 is 12.0 Å². The van der Waals surface area contributed by atoms with Crippen LogP contribution in [0.4, 0.5) is 5.69 Å². The van der Waals surface area contributed by atoms with Crippen LogP contribution in [0.2, 0.25) is 12.0 Å². The molecule has 0 aromatic carbocycles. The molecule has 1 aliphatic rings. The van der Waals surface area contributed by atoms with Crippen LogP contribution in [0, 0.1) is 10.1 Å². The number of ether oxygens (including phenoxy) is 1. The Bertz CT molecular complexity index is 488. The number of hydrogen-bond acceptors (Lipinski definition) is 6. The molecule has 7 nitrogen and oxygen atoms in total. The van der Waals surface area contributed by atoms with Crippen LogP contribution in [-0.4, -0.2) is 46.0 Å². The molecule has 0 saturated carbocycles. The van der Waals surface area contributed by atoms with E-state index in [1.165, 1.54) is 12.3 Å². The van der Waals surface area contributed by atoms with E-state index in [4.69, 9.17) is 16.3 Å². The number of pyridine rings is 1. The summed E-state index contributed by atoms with van der Waals surface area (Å²) in [4.78, 5) is 15.7. The minimum Gasteiger partial charge on any atom is -0.490 e. The lowest BCUT2D eigenvalue weighted by Crippen LogP contribution is -2.57. The van der Waals surface area contributed by atoms with Crippen LogP contribution in [0.15, 0.2) is 12.3 Å². The Morgan fingerprint density at radius 2 is 2.53 bits per heavy atom. The fourth-order valence-electron chi connectivity index (χ4n) is 1.95. The third kappa shape index (κ3) is 3.15. The second-order valence-corrected chi connectivity index (χ2v) is 4.72. The molecule has 1 fully saturated rings.